The van der Waals surface area contributed by atoms with Crippen LogP contribution in [0.4, 0.5) is 0 Å². The summed E-state index contributed by atoms with van der Waals surface area (Å²) in [4.78, 5) is 29.9. The van der Waals surface area contributed by atoms with Gasteiger partial charge < -0.3 is 10.2 Å². The molecule has 0 bridgehead atoms. The average Bonchev–Trinajstić information content (AvgIpc) is 3.22. The summed E-state index contributed by atoms with van der Waals surface area (Å²) in [5.74, 6) is 2.03. The number of likely N-dealkylation sites (tertiary alicyclic amines) is 1. The lowest BCUT2D eigenvalue weighted by Crippen LogP contribution is -2.36. The van der Waals surface area contributed by atoms with E-state index in [9.17, 15) is 9.59 Å². The molecule has 1 aromatic heterocycles. The number of nitrogens with one attached hydrogen (secondary N) is 2. The Morgan fingerprint density at radius 2 is 2.04 bits per heavy atom. The normalized spacial score (nSPS) is 20.5. The molecule has 124 valence electrons. The van der Waals surface area contributed by atoms with Gasteiger partial charge in [0.25, 0.3) is 5.91 Å². The number of rotatable bonds is 4. The van der Waals surface area contributed by atoms with Crippen LogP contribution in [0.1, 0.15) is 41.4 Å². The minimum absolute atomic E-state index is 0.0618. The smallest absolute Gasteiger partial charge is 0.251 e. The second kappa shape index (κ2) is 5.74. The van der Waals surface area contributed by atoms with E-state index >= 15 is 0 Å². The Morgan fingerprint density at radius 1 is 1.29 bits per heavy atom. The molecular formula is C17H19N5O2. The molecule has 2 heterocycles. The van der Waals surface area contributed by atoms with Gasteiger partial charge in [0, 0.05) is 37.1 Å². The summed E-state index contributed by atoms with van der Waals surface area (Å²) in [6.07, 6.45) is 2.71. The molecule has 1 aliphatic heterocycles. The van der Waals surface area contributed by atoms with Gasteiger partial charge in [0.15, 0.2) is 5.82 Å². The van der Waals surface area contributed by atoms with E-state index < -0.39 is 0 Å². The maximum atomic E-state index is 12.3. The molecule has 2 fully saturated rings. The predicted octanol–water partition coefficient (Wildman–Crippen LogP) is 1.31. The molecule has 7 nitrogen and oxygen atoms in total. The van der Waals surface area contributed by atoms with Gasteiger partial charge in [-0.05, 0) is 25.0 Å². The van der Waals surface area contributed by atoms with Crippen LogP contribution in [0.25, 0.3) is 11.4 Å². The van der Waals surface area contributed by atoms with E-state index in [0.29, 0.717) is 30.3 Å². The summed E-state index contributed by atoms with van der Waals surface area (Å²) in [7, 11) is 1.75. The van der Waals surface area contributed by atoms with Gasteiger partial charge in [-0.15, -0.1) is 0 Å². The van der Waals surface area contributed by atoms with Crippen molar-refractivity contribution in [3.8, 4) is 11.4 Å². The van der Waals surface area contributed by atoms with Crippen molar-refractivity contribution in [1.82, 2.24) is 25.4 Å². The van der Waals surface area contributed by atoms with Crippen molar-refractivity contribution < 1.29 is 9.59 Å². The second-order valence-electron chi connectivity index (χ2n) is 6.54. The number of nitrogens with zero attached hydrogens (tertiary/aromatic N) is 3. The number of aromatic amines is 1. The van der Waals surface area contributed by atoms with E-state index in [0.717, 1.165) is 11.4 Å². The summed E-state index contributed by atoms with van der Waals surface area (Å²) < 4.78 is 0. The largest absolute Gasteiger partial charge is 0.347 e. The summed E-state index contributed by atoms with van der Waals surface area (Å²) in [5, 5.41) is 10.1. The molecule has 2 N–H and O–H groups in total. The summed E-state index contributed by atoms with van der Waals surface area (Å²) >= 11 is 0. The van der Waals surface area contributed by atoms with E-state index in [1.54, 1.807) is 24.1 Å². The molecule has 7 heteroatoms. The number of amides is 2. The quantitative estimate of drug-likeness (QED) is 0.887. The van der Waals surface area contributed by atoms with Crippen LogP contribution in [0.3, 0.4) is 0 Å². The van der Waals surface area contributed by atoms with Crippen LogP contribution in [0.2, 0.25) is 0 Å². The fourth-order valence-corrected chi connectivity index (χ4v) is 2.94. The van der Waals surface area contributed by atoms with Gasteiger partial charge in [0.1, 0.15) is 5.82 Å². The van der Waals surface area contributed by atoms with Gasteiger partial charge in [-0.25, -0.2) is 4.98 Å². The van der Waals surface area contributed by atoms with Crippen LogP contribution in [0.15, 0.2) is 24.3 Å². The van der Waals surface area contributed by atoms with Crippen molar-refractivity contribution in [3.05, 3.63) is 35.7 Å². The van der Waals surface area contributed by atoms with Crippen molar-refractivity contribution in [1.29, 1.82) is 0 Å². The molecule has 0 unspecified atom stereocenters. The fourth-order valence-electron chi connectivity index (χ4n) is 2.94. The number of hydrogen-bond donors (Lipinski definition) is 2. The highest BCUT2D eigenvalue weighted by atomic mass is 16.2. The Morgan fingerprint density at radius 3 is 2.67 bits per heavy atom. The number of likely N-dealkylation sites (N-methyl/N-ethyl adjacent to an activating group) is 1. The zero-order valence-electron chi connectivity index (χ0n) is 13.5. The molecule has 1 atom stereocenters. The number of carbonyl (C=O) groups excluding carboxylic acids is 2. The molecule has 4 rings (SSSR count). The monoisotopic (exact) mass is 325 g/mol. The zero-order valence-corrected chi connectivity index (χ0v) is 13.5. The van der Waals surface area contributed by atoms with E-state index in [1.165, 1.54) is 12.8 Å². The molecule has 1 saturated carbocycles. The first-order valence-electron chi connectivity index (χ1n) is 8.17. The molecule has 24 heavy (non-hydrogen) atoms. The Kier molecular flexibility index (Phi) is 3.55. The van der Waals surface area contributed by atoms with Gasteiger partial charge in [-0.1, -0.05) is 12.1 Å². The third-order valence-corrected chi connectivity index (χ3v) is 4.55. The lowest BCUT2D eigenvalue weighted by molar-refractivity contribution is -0.126. The van der Waals surface area contributed by atoms with Crippen LogP contribution in [-0.2, 0) is 4.79 Å². The lowest BCUT2D eigenvalue weighted by atomic mass is 10.1. The minimum atomic E-state index is -0.164. The maximum Gasteiger partial charge on any atom is 0.251 e. The molecule has 2 aromatic rings. The van der Waals surface area contributed by atoms with Gasteiger partial charge in [0.2, 0.25) is 5.91 Å². The number of carbonyl (C=O) groups is 2. The molecule has 1 aliphatic carbocycles. The van der Waals surface area contributed by atoms with Crippen molar-refractivity contribution in [2.24, 2.45) is 0 Å². The van der Waals surface area contributed by atoms with Gasteiger partial charge in [0.05, 0.1) is 6.04 Å². The minimum Gasteiger partial charge on any atom is -0.347 e. The topological polar surface area (TPSA) is 91.0 Å². The van der Waals surface area contributed by atoms with Crippen LogP contribution in [-0.4, -0.2) is 51.5 Å². The van der Waals surface area contributed by atoms with Crippen molar-refractivity contribution in [2.45, 2.75) is 31.2 Å². The molecule has 2 aliphatic rings. The molecule has 2 amide bonds. The maximum absolute atomic E-state index is 12.3. The first-order valence-corrected chi connectivity index (χ1v) is 8.17. The van der Waals surface area contributed by atoms with Crippen molar-refractivity contribution in [3.63, 3.8) is 0 Å². The van der Waals surface area contributed by atoms with Crippen LogP contribution in [0, 0.1) is 0 Å². The molecule has 1 aromatic carbocycles. The van der Waals surface area contributed by atoms with Gasteiger partial charge >= 0.3 is 0 Å². The summed E-state index contributed by atoms with van der Waals surface area (Å²) in [6, 6.07) is 7.10. The van der Waals surface area contributed by atoms with Crippen LogP contribution < -0.4 is 5.32 Å². The number of H-pyrrole nitrogens is 1. The van der Waals surface area contributed by atoms with Crippen molar-refractivity contribution in [2.75, 3.05) is 13.6 Å². The predicted molar refractivity (Wildman–Crippen MR) is 87.3 cm³/mol. The molecule has 0 radical (unpaired) electrons. The van der Waals surface area contributed by atoms with Crippen LogP contribution >= 0.6 is 0 Å². The fraction of sp³-hybridized carbons (Fsp3) is 0.412. The summed E-state index contributed by atoms with van der Waals surface area (Å²) in [5.41, 5.74) is 1.45. The first kappa shape index (κ1) is 14.9. The molecular weight excluding hydrogens is 306 g/mol. The SMILES string of the molecule is CN1C[C@@H](NC(=O)c2ccc(-c3n[nH]c(C4CC4)n3)cc2)CC1=O. The second-order valence-corrected chi connectivity index (χ2v) is 6.54. The molecule has 1 saturated heterocycles. The average molecular weight is 325 g/mol. The van der Waals surface area contributed by atoms with E-state index in [2.05, 4.69) is 20.5 Å². The first-order chi connectivity index (χ1) is 11.6. The van der Waals surface area contributed by atoms with E-state index in [1.807, 2.05) is 12.1 Å². The highest BCUT2D eigenvalue weighted by Gasteiger charge is 2.28. The van der Waals surface area contributed by atoms with Crippen molar-refractivity contribution >= 4 is 11.8 Å². The summed E-state index contributed by atoms with van der Waals surface area (Å²) in [6.45, 7) is 0.559. The number of hydrogen-bond acceptors (Lipinski definition) is 4. The Labute approximate surface area is 139 Å². The highest BCUT2D eigenvalue weighted by molar-refractivity contribution is 5.95. The standard InChI is InChI=1S/C17H19N5O2/c1-22-9-13(8-14(22)23)18-17(24)12-6-4-11(5-7-12)16-19-15(20-21-16)10-2-3-10/h4-7,10,13H,2-3,8-9H2,1H3,(H,18,24)(H,19,20,21)/t13-/m0/s1. The third-order valence-electron chi connectivity index (χ3n) is 4.55. The Bertz CT molecular complexity index is 779. The third kappa shape index (κ3) is 2.89. The van der Waals surface area contributed by atoms with Crippen LogP contribution in [0.5, 0.6) is 0 Å². The zero-order chi connectivity index (χ0) is 16.7. The highest BCUT2D eigenvalue weighted by Crippen LogP contribution is 2.38. The van der Waals surface area contributed by atoms with E-state index in [-0.39, 0.29) is 17.9 Å². The lowest BCUT2D eigenvalue weighted by Gasteiger charge is -2.12. The van der Waals surface area contributed by atoms with E-state index in [4.69, 9.17) is 0 Å². The van der Waals surface area contributed by atoms with Gasteiger partial charge in [-0.2, -0.15) is 5.10 Å². The molecule has 0 spiro atoms. The Balaban J connectivity index is 1.43. The van der Waals surface area contributed by atoms with Gasteiger partial charge in [-0.3, -0.25) is 14.7 Å². The number of benzene rings is 1. The Hall–Kier alpha value is -2.70. The number of aromatic nitrogens is 3.